The maximum Gasteiger partial charge on any atom is 0.414 e. The molecule has 2 saturated heterocycles. The van der Waals surface area contributed by atoms with E-state index in [0.717, 1.165) is 5.56 Å². The maximum absolute atomic E-state index is 16.4. The summed E-state index contributed by atoms with van der Waals surface area (Å²) in [5.74, 6) is -1.43. The molecule has 1 aromatic heterocycles. The van der Waals surface area contributed by atoms with Gasteiger partial charge in [0.15, 0.2) is 5.60 Å². The molecule has 2 fully saturated rings. The van der Waals surface area contributed by atoms with Crippen LogP contribution in [0, 0.1) is 5.92 Å². The Bertz CT molecular complexity index is 1680. The second kappa shape index (κ2) is 14.0. The van der Waals surface area contributed by atoms with Crippen LogP contribution in [0.3, 0.4) is 0 Å². The summed E-state index contributed by atoms with van der Waals surface area (Å²) >= 11 is 0. The Kier molecular flexibility index (Phi) is 9.92. The normalized spacial score (nSPS) is 24.1. The fraction of sp³-hybridized carbons (Fsp3) is 0.514. The van der Waals surface area contributed by atoms with Crippen molar-refractivity contribution in [2.75, 3.05) is 43.2 Å². The van der Waals surface area contributed by atoms with Gasteiger partial charge in [-0.25, -0.2) is 4.79 Å². The molecule has 0 saturated carbocycles. The zero-order valence-electron chi connectivity index (χ0n) is 28.4. The Labute approximate surface area is 286 Å². The van der Waals surface area contributed by atoms with Gasteiger partial charge in [0.1, 0.15) is 6.61 Å². The van der Waals surface area contributed by atoms with Crippen molar-refractivity contribution in [2.45, 2.75) is 75.4 Å². The van der Waals surface area contributed by atoms with E-state index in [9.17, 15) is 19.5 Å². The van der Waals surface area contributed by atoms with Gasteiger partial charge >= 0.3 is 12.1 Å². The van der Waals surface area contributed by atoms with E-state index in [1.807, 2.05) is 49.4 Å². The smallest absolute Gasteiger partial charge is 0.414 e. The van der Waals surface area contributed by atoms with Gasteiger partial charge < -0.3 is 28.3 Å². The van der Waals surface area contributed by atoms with Crippen LogP contribution in [-0.4, -0.2) is 86.0 Å². The zero-order chi connectivity index (χ0) is 34.9. The number of benzene rings is 2. The van der Waals surface area contributed by atoms with E-state index < -0.39 is 37.7 Å². The van der Waals surface area contributed by atoms with Gasteiger partial charge in [-0.1, -0.05) is 42.5 Å². The summed E-state index contributed by atoms with van der Waals surface area (Å²) in [6.45, 7) is 6.43. The van der Waals surface area contributed by atoms with Gasteiger partial charge in [0.25, 0.3) is 5.91 Å². The minimum atomic E-state index is -3.43. The summed E-state index contributed by atoms with van der Waals surface area (Å²) in [5.41, 5.74) is 1.40. The van der Waals surface area contributed by atoms with E-state index in [1.165, 1.54) is 12.0 Å². The molecule has 0 radical (unpaired) electrons. The van der Waals surface area contributed by atoms with Gasteiger partial charge in [0, 0.05) is 48.4 Å². The number of aliphatic hydroxyl groups is 1. The lowest BCUT2D eigenvalue weighted by atomic mass is 9.82. The number of rotatable bonds is 13. The quantitative estimate of drug-likeness (QED) is 0.115. The number of aromatic nitrogens is 3. The average molecular weight is 694 g/mol. The van der Waals surface area contributed by atoms with Crippen LogP contribution in [0.4, 0.5) is 20.3 Å². The Morgan fingerprint density at radius 2 is 1.94 bits per heavy atom. The third-order valence-corrected chi connectivity index (χ3v) is 12.7. The first-order chi connectivity index (χ1) is 23.5. The van der Waals surface area contributed by atoms with Crippen molar-refractivity contribution in [1.82, 2.24) is 15.0 Å². The zero-order valence-corrected chi connectivity index (χ0v) is 29.4. The minimum absolute atomic E-state index is 0.129. The molecule has 49 heavy (non-hydrogen) atoms. The first-order valence-electron chi connectivity index (χ1n) is 16.9. The lowest BCUT2D eigenvalue weighted by Crippen LogP contribution is -2.45. The molecule has 1 spiro atoms. The van der Waals surface area contributed by atoms with Crippen LogP contribution >= 0.6 is 0 Å². The van der Waals surface area contributed by atoms with Crippen LogP contribution in [-0.2, 0) is 35.9 Å². The van der Waals surface area contributed by atoms with E-state index in [1.54, 1.807) is 34.9 Å². The topological polar surface area (TPSA) is 136 Å². The molecule has 5 atom stereocenters. The molecular weight excluding hydrogens is 649 g/mol. The summed E-state index contributed by atoms with van der Waals surface area (Å²) in [4.78, 5) is 42.1. The van der Waals surface area contributed by atoms with Crippen molar-refractivity contribution in [3.63, 3.8) is 0 Å². The number of anilines is 2. The highest BCUT2D eigenvalue weighted by atomic mass is 28.4. The first kappa shape index (κ1) is 34.7. The third kappa shape index (κ3) is 6.48. The largest absolute Gasteiger partial charge is 0.469 e. The fourth-order valence-corrected chi connectivity index (χ4v) is 10.4. The molecule has 14 heteroatoms. The molecule has 3 aromatic rings. The third-order valence-electron chi connectivity index (χ3n) is 10.2. The number of aryl methyl sites for hydroxylation is 1. The number of fused-ring (bicyclic) bond motifs is 2. The first-order valence-corrected chi connectivity index (χ1v) is 19.8. The Morgan fingerprint density at radius 3 is 2.61 bits per heavy atom. The van der Waals surface area contributed by atoms with Crippen molar-refractivity contribution < 1.29 is 37.8 Å². The summed E-state index contributed by atoms with van der Waals surface area (Å²) in [6.07, 6.45) is 2.43. The SMILES string of the molecule is COC(=O)CCCCN1C(=O)[C@@]2(O[C@@H](CCn3cc(C(CO)c4ccccc4)nn3)[C@H]([Si](C)(C)F)[C@H]2C)c2cc(N3CCOC3=O)ccc21. The number of unbranched alkanes of at least 4 members (excludes halogenated alkanes) is 1. The number of hydrogen-bond donors (Lipinski definition) is 1. The molecule has 1 unspecified atom stereocenters. The number of carbonyl (C=O) groups is 3. The van der Waals surface area contributed by atoms with Crippen LogP contribution in [0.2, 0.25) is 18.6 Å². The predicted octanol–water partition coefficient (Wildman–Crippen LogP) is 4.91. The van der Waals surface area contributed by atoms with Crippen LogP contribution < -0.4 is 9.80 Å². The second-order valence-corrected chi connectivity index (χ2v) is 17.4. The van der Waals surface area contributed by atoms with Crippen molar-refractivity contribution in [1.29, 1.82) is 0 Å². The van der Waals surface area contributed by atoms with Crippen LogP contribution in [0.15, 0.2) is 54.7 Å². The number of halogens is 1. The molecule has 0 bridgehead atoms. The molecule has 12 nitrogen and oxygen atoms in total. The van der Waals surface area contributed by atoms with Gasteiger partial charge in [0.2, 0.25) is 8.41 Å². The highest BCUT2D eigenvalue weighted by molar-refractivity contribution is 6.72. The van der Waals surface area contributed by atoms with Gasteiger partial charge in [-0.15, -0.1) is 5.10 Å². The highest BCUT2D eigenvalue weighted by Crippen LogP contribution is 2.60. The number of carbonyl (C=O) groups excluding carboxylic acids is 3. The average Bonchev–Trinajstić information content (AvgIpc) is 3.85. The number of nitrogens with zero attached hydrogens (tertiary/aromatic N) is 5. The minimum Gasteiger partial charge on any atom is -0.469 e. The summed E-state index contributed by atoms with van der Waals surface area (Å²) in [7, 11) is -2.08. The lowest BCUT2D eigenvalue weighted by molar-refractivity contribution is -0.146. The molecule has 3 aliphatic rings. The number of aliphatic hydroxyl groups excluding tert-OH is 1. The predicted molar refractivity (Wildman–Crippen MR) is 181 cm³/mol. The van der Waals surface area contributed by atoms with Gasteiger partial charge in [0.05, 0.1) is 43.7 Å². The fourth-order valence-electron chi connectivity index (χ4n) is 7.86. The van der Waals surface area contributed by atoms with Gasteiger partial charge in [-0.2, -0.15) is 0 Å². The molecule has 2 aromatic carbocycles. The molecule has 2 amide bonds. The van der Waals surface area contributed by atoms with Gasteiger partial charge in [-0.3, -0.25) is 19.2 Å². The number of hydrogen-bond acceptors (Lipinski definition) is 9. The molecule has 0 aliphatic carbocycles. The van der Waals surface area contributed by atoms with Crippen LogP contribution in [0.25, 0.3) is 0 Å². The summed E-state index contributed by atoms with van der Waals surface area (Å²) < 4.78 is 34.9. The van der Waals surface area contributed by atoms with Gasteiger partial charge in [-0.05, 0) is 56.1 Å². The molecule has 3 aliphatic heterocycles. The monoisotopic (exact) mass is 693 g/mol. The van der Waals surface area contributed by atoms with E-state index >= 15 is 4.11 Å². The Morgan fingerprint density at radius 1 is 1.16 bits per heavy atom. The molecule has 4 heterocycles. The summed E-state index contributed by atoms with van der Waals surface area (Å²) in [5, 5.41) is 18.8. The molecule has 262 valence electrons. The lowest BCUT2D eigenvalue weighted by Gasteiger charge is -2.31. The Hall–Kier alpha value is -4.14. The number of ether oxygens (including phenoxy) is 3. The molecule has 1 N–H and O–H groups in total. The number of methoxy groups -OCH3 is 1. The van der Waals surface area contributed by atoms with E-state index in [4.69, 9.17) is 14.2 Å². The second-order valence-electron chi connectivity index (χ2n) is 13.6. The van der Waals surface area contributed by atoms with Crippen molar-refractivity contribution in [3.8, 4) is 0 Å². The van der Waals surface area contributed by atoms with E-state index in [0.29, 0.717) is 61.5 Å². The van der Waals surface area contributed by atoms with E-state index in [2.05, 4.69) is 10.3 Å². The number of esters is 1. The van der Waals surface area contributed by atoms with Crippen molar-refractivity contribution in [3.05, 3.63) is 71.5 Å². The number of amides is 2. The van der Waals surface area contributed by atoms with Crippen molar-refractivity contribution >= 4 is 37.8 Å². The van der Waals surface area contributed by atoms with Crippen LogP contribution in [0.1, 0.15) is 55.3 Å². The maximum atomic E-state index is 16.4. The van der Waals surface area contributed by atoms with Crippen molar-refractivity contribution in [2.24, 2.45) is 5.92 Å². The standard InChI is InChI=1S/C35H44FN5O7Si/c1-23-32(49(3,4)36)30(15-17-39-21-28(37-38-39)26(22-42)24-10-6-5-7-11-24)48-35(23)27-20-25(40-18-19-47-34(40)45)13-14-29(27)41(33(35)44)16-9-8-12-31(43)46-2/h5-7,10-11,13-14,20-21,23,26,30,32,42H,8-9,12,15-19,22H2,1-4H3/t23-,26?,30+,32-,35+/m1/s1. The Balaban J connectivity index is 1.30. The highest BCUT2D eigenvalue weighted by Gasteiger charge is 2.66. The van der Waals surface area contributed by atoms with E-state index in [-0.39, 0.29) is 37.4 Å². The number of cyclic esters (lactones) is 1. The molecule has 6 rings (SSSR count). The summed E-state index contributed by atoms with van der Waals surface area (Å²) in [6, 6.07) is 15.0. The van der Waals surface area contributed by atoms with Crippen LogP contribution in [0.5, 0.6) is 0 Å². The molecular formula is C35H44FN5O7Si.